The highest BCUT2D eigenvalue weighted by molar-refractivity contribution is 6.31. The molecular formula is C15H20ClNO2. The lowest BCUT2D eigenvalue weighted by molar-refractivity contribution is -0.121. The smallest absolute Gasteiger partial charge is 0.220 e. The number of benzene rings is 1. The van der Waals surface area contributed by atoms with Crippen molar-refractivity contribution in [3.8, 4) is 0 Å². The molecule has 2 unspecified atom stereocenters. The lowest BCUT2D eigenvalue weighted by Gasteiger charge is -2.15. The summed E-state index contributed by atoms with van der Waals surface area (Å²) < 4.78 is 0. The van der Waals surface area contributed by atoms with E-state index in [2.05, 4.69) is 5.32 Å². The number of aliphatic hydroxyl groups is 1. The molecule has 1 aliphatic carbocycles. The standard InChI is InChI=1S/C15H20ClNO2/c16-13-6-2-1-4-11(13)8-9-15(19)17-10-12-5-3-7-14(12)18/h1-2,4,6,12,14,18H,3,5,7-10H2,(H,17,19). The normalized spacial score (nSPS) is 22.4. The van der Waals surface area contributed by atoms with Crippen LogP contribution in [0.15, 0.2) is 24.3 Å². The molecule has 0 radical (unpaired) electrons. The van der Waals surface area contributed by atoms with E-state index in [9.17, 15) is 9.90 Å². The largest absolute Gasteiger partial charge is 0.393 e. The summed E-state index contributed by atoms with van der Waals surface area (Å²) in [6, 6.07) is 7.58. The molecule has 0 aromatic heterocycles. The van der Waals surface area contributed by atoms with E-state index in [1.54, 1.807) is 0 Å². The van der Waals surface area contributed by atoms with Crippen LogP contribution in [-0.4, -0.2) is 23.7 Å². The van der Waals surface area contributed by atoms with Crippen molar-refractivity contribution in [2.45, 2.75) is 38.2 Å². The van der Waals surface area contributed by atoms with Crippen molar-refractivity contribution in [2.75, 3.05) is 6.54 Å². The summed E-state index contributed by atoms with van der Waals surface area (Å²) in [7, 11) is 0. The zero-order valence-electron chi connectivity index (χ0n) is 10.9. The number of nitrogens with one attached hydrogen (secondary N) is 1. The molecule has 104 valence electrons. The van der Waals surface area contributed by atoms with E-state index in [0.29, 0.717) is 24.4 Å². The van der Waals surface area contributed by atoms with Crippen LogP contribution < -0.4 is 5.32 Å². The third-order valence-corrected chi connectivity index (χ3v) is 4.13. The topological polar surface area (TPSA) is 49.3 Å². The number of carbonyl (C=O) groups excluding carboxylic acids is 1. The van der Waals surface area contributed by atoms with Crippen LogP contribution in [0.1, 0.15) is 31.2 Å². The van der Waals surface area contributed by atoms with Gasteiger partial charge >= 0.3 is 0 Å². The van der Waals surface area contributed by atoms with Gasteiger partial charge in [-0.2, -0.15) is 0 Å². The summed E-state index contributed by atoms with van der Waals surface area (Å²) in [5.74, 6) is 0.253. The molecule has 3 nitrogen and oxygen atoms in total. The predicted octanol–water partition coefficient (Wildman–Crippen LogP) is 2.55. The Kier molecular flexibility index (Phi) is 5.23. The summed E-state index contributed by atoms with van der Waals surface area (Å²) in [6.07, 6.45) is 3.77. The first-order valence-electron chi connectivity index (χ1n) is 6.85. The monoisotopic (exact) mass is 281 g/mol. The zero-order valence-corrected chi connectivity index (χ0v) is 11.7. The van der Waals surface area contributed by atoms with Crippen LogP contribution in [0.25, 0.3) is 0 Å². The van der Waals surface area contributed by atoms with Crippen molar-refractivity contribution in [3.05, 3.63) is 34.9 Å². The first-order valence-corrected chi connectivity index (χ1v) is 7.23. The molecule has 2 atom stereocenters. The molecule has 0 aliphatic heterocycles. The zero-order chi connectivity index (χ0) is 13.7. The average Bonchev–Trinajstić information content (AvgIpc) is 2.81. The molecule has 1 amide bonds. The van der Waals surface area contributed by atoms with Crippen molar-refractivity contribution in [1.29, 1.82) is 0 Å². The van der Waals surface area contributed by atoms with Gasteiger partial charge < -0.3 is 10.4 Å². The number of aliphatic hydroxyl groups excluding tert-OH is 1. The van der Waals surface area contributed by atoms with Crippen molar-refractivity contribution >= 4 is 17.5 Å². The minimum Gasteiger partial charge on any atom is -0.393 e. The second kappa shape index (κ2) is 6.92. The van der Waals surface area contributed by atoms with Crippen LogP contribution in [0.2, 0.25) is 5.02 Å². The fourth-order valence-electron chi connectivity index (χ4n) is 2.54. The summed E-state index contributed by atoms with van der Waals surface area (Å²) in [5.41, 5.74) is 1.00. The van der Waals surface area contributed by atoms with Gasteiger partial charge in [0.25, 0.3) is 0 Å². The summed E-state index contributed by atoms with van der Waals surface area (Å²) in [5, 5.41) is 13.3. The van der Waals surface area contributed by atoms with Crippen molar-refractivity contribution in [1.82, 2.24) is 5.32 Å². The molecule has 0 spiro atoms. The van der Waals surface area contributed by atoms with Gasteiger partial charge in [0.2, 0.25) is 5.91 Å². The van der Waals surface area contributed by atoms with Gasteiger partial charge in [0.1, 0.15) is 0 Å². The highest BCUT2D eigenvalue weighted by atomic mass is 35.5. The molecule has 2 N–H and O–H groups in total. The molecular weight excluding hydrogens is 262 g/mol. The summed E-state index contributed by atoms with van der Waals surface area (Å²) in [6.45, 7) is 0.586. The van der Waals surface area contributed by atoms with Gasteiger partial charge in [0.15, 0.2) is 0 Å². The van der Waals surface area contributed by atoms with Crippen LogP contribution in [0, 0.1) is 5.92 Å². The highest BCUT2D eigenvalue weighted by Gasteiger charge is 2.25. The number of halogens is 1. The molecule has 1 aromatic carbocycles. The maximum absolute atomic E-state index is 11.8. The minimum atomic E-state index is -0.246. The summed E-state index contributed by atoms with van der Waals surface area (Å²) in [4.78, 5) is 11.8. The Morgan fingerprint density at radius 3 is 2.84 bits per heavy atom. The molecule has 4 heteroatoms. The van der Waals surface area contributed by atoms with E-state index in [-0.39, 0.29) is 17.9 Å². The Hall–Kier alpha value is -1.06. The van der Waals surface area contributed by atoms with E-state index in [1.807, 2.05) is 24.3 Å². The Morgan fingerprint density at radius 2 is 2.16 bits per heavy atom. The molecule has 2 rings (SSSR count). The van der Waals surface area contributed by atoms with Gasteiger partial charge in [-0.15, -0.1) is 0 Å². The molecule has 1 aromatic rings. The van der Waals surface area contributed by atoms with Gasteiger partial charge in [0, 0.05) is 23.9 Å². The van der Waals surface area contributed by atoms with Crippen LogP contribution in [0.4, 0.5) is 0 Å². The van der Waals surface area contributed by atoms with E-state index < -0.39 is 0 Å². The molecule has 0 bridgehead atoms. The third-order valence-electron chi connectivity index (χ3n) is 3.76. The molecule has 1 fully saturated rings. The number of rotatable bonds is 5. The molecule has 1 saturated carbocycles. The molecule has 0 heterocycles. The predicted molar refractivity (Wildman–Crippen MR) is 76.1 cm³/mol. The van der Waals surface area contributed by atoms with Crippen molar-refractivity contribution in [2.24, 2.45) is 5.92 Å². The van der Waals surface area contributed by atoms with Gasteiger partial charge in [-0.25, -0.2) is 0 Å². The van der Waals surface area contributed by atoms with Gasteiger partial charge in [-0.1, -0.05) is 36.2 Å². The Balaban J connectivity index is 1.71. The number of amides is 1. The number of hydrogen-bond acceptors (Lipinski definition) is 2. The van der Waals surface area contributed by atoms with E-state index in [1.165, 1.54) is 0 Å². The third kappa shape index (κ3) is 4.22. The lowest BCUT2D eigenvalue weighted by Crippen LogP contribution is -2.32. The molecule has 0 saturated heterocycles. The summed E-state index contributed by atoms with van der Waals surface area (Å²) >= 11 is 6.04. The van der Waals surface area contributed by atoms with E-state index in [4.69, 9.17) is 11.6 Å². The van der Waals surface area contributed by atoms with E-state index in [0.717, 1.165) is 24.8 Å². The Morgan fingerprint density at radius 1 is 1.37 bits per heavy atom. The number of hydrogen-bond donors (Lipinski definition) is 2. The second-order valence-electron chi connectivity index (χ2n) is 5.15. The van der Waals surface area contributed by atoms with E-state index >= 15 is 0 Å². The fraction of sp³-hybridized carbons (Fsp3) is 0.533. The number of carbonyl (C=O) groups is 1. The van der Waals surface area contributed by atoms with Crippen LogP contribution in [-0.2, 0) is 11.2 Å². The van der Waals surface area contributed by atoms with Gasteiger partial charge in [-0.05, 0) is 30.9 Å². The lowest BCUT2D eigenvalue weighted by atomic mass is 10.1. The Labute approximate surface area is 119 Å². The first-order chi connectivity index (χ1) is 9.16. The maximum atomic E-state index is 11.8. The van der Waals surface area contributed by atoms with Crippen molar-refractivity contribution < 1.29 is 9.90 Å². The van der Waals surface area contributed by atoms with Crippen LogP contribution in [0.5, 0.6) is 0 Å². The quantitative estimate of drug-likeness (QED) is 0.871. The minimum absolute atomic E-state index is 0.0269. The van der Waals surface area contributed by atoms with Gasteiger partial charge in [0.05, 0.1) is 6.10 Å². The number of aryl methyl sites for hydroxylation is 1. The Bertz CT molecular complexity index is 436. The average molecular weight is 282 g/mol. The molecule has 1 aliphatic rings. The van der Waals surface area contributed by atoms with Crippen LogP contribution >= 0.6 is 11.6 Å². The van der Waals surface area contributed by atoms with Gasteiger partial charge in [-0.3, -0.25) is 4.79 Å². The van der Waals surface area contributed by atoms with Crippen LogP contribution in [0.3, 0.4) is 0 Å². The van der Waals surface area contributed by atoms with Crippen molar-refractivity contribution in [3.63, 3.8) is 0 Å². The highest BCUT2D eigenvalue weighted by Crippen LogP contribution is 2.24. The second-order valence-corrected chi connectivity index (χ2v) is 5.56. The maximum Gasteiger partial charge on any atom is 0.220 e. The SMILES string of the molecule is O=C(CCc1ccccc1Cl)NCC1CCCC1O. The fourth-order valence-corrected chi connectivity index (χ4v) is 2.77. The first kappa shape index (κ1) is 14.4. The molecule has 19 heavy (non-hydrogen) atoms.